The van der Waals surface area contributed by atoms with Gasteiger partial charge in [-0.3, -0.25) is 4.79 Å². The average Bonchev–Trinajstić information content (AvgIpc) is 2.48. The summed E-state index contributed by atoms with van der Waals surface area (Å²) in [7, 11) is 1.98. The summed E-state index contributed by atoms with van der Waals surface area (Å²) < 4.78 is 0. The van der Waals surface area contributed by atoms with Crippen LogP contribution in [-0.2, 0) is 4.79 Å². The summed E-state index contributed by atoms with van der Waals surface area (Å²) in [5.41, 5.74) is 0. The van der Waals surface area contributed by atoms with Gasteiger partial charge >= 0.3 is 0 Å². The molecular formula is C15H22N2OS. The molecule has 1 unspecified atom stereocenters. The molecule has 0 radical (unpaired) electrons. The van der Waals surface area contributed by atoms with Gasteiger partial charge in [-0.1, -0.05) is 18.2 Å². The zero-order valence-electron chi connectivity index (χ0n) is 11.5. The lowest BCUT2D eigenvalue weighted by molar-refractivity contribution is -0.132. The van der Waals surface area contributed by atoms with E-state index in [2.05, 4.69) is 17.4 Å². The van der Waals surface area contributed by atoms with Gasteiger partial charge in [0.15, 0.2) is 0 Å². The van der Waals surface area contributed by atoms with Crippen LogP contribution in [0.25, 0.3) is 0 Å². The second kappa shape index (κ2) is 7.56. The van der Waals surface area contributed by atoms with Gasteiger partial charge in [0.1, 0.15) is 0 Å². The molecule has 1 aromatic carbocycles. The van der Waals surface area contributed by atoms with Crippen LogP contribution in [0, 0.1) is 0 Å². The van der Waals surface area contributed by atoms with Crippen molar-refractivity contribution in [3.05, 3.63) is 30.3 Å². The highest BCUT2D eigenvalue weighted by Crippen LogP contribution is 2.19. The largest absolute Gasteiger partial charge is 0.341 e. The number of piperidine rings is 1. The van der Waals surface area contributed by atoms with Crippen molar-refractivity contribution in [1.82, 2.24) is 10.2 Å². The van der Waals surface area contributed by atoms with Crippen molar-refractivity contribution in [2.75, 3.05) is 25.9 Å². The van der Waals surface area contributed by atoms with Gasteiger partial charge in [-0.15, -0.1) is 11.8 Å². The zero-order chi connectivity index (χ0) is 13.5. The molecule has 1 N–H and O–H groups in total. The first kappa shape index (κ1) is 14.4. The van der Waals surface area contributed by atoms with Crippen molar-refractivity contribution in [2.24, 2.45) is 0 Å². The molecule has 1 heterocycles. The normalized spacial score (nSPS) is 19.4. The summed E-state index contributed by atoms with van der Waals surface area (Å²) in [6, 6.07) is 10.7. The van der Waals surface area contributed by atoms with Crippen LogP contribution in [-0.4, -0.2) is 42.7 Å². The van der Waals surface area contributed by atoms with Gasteiger partial charge in [0.25, 0.3) is 0 Å². The lowest BCUT2D eigenvalue weighted by atomic mass is 10.1. The molecule has 1 aliphatic rings. The number of likely N-dealkylation sites (tertiary alicyclic amines) is 1. The standard InChI is InChI=1S/C15H22N2OS/c1-16-13-6-5-10-17(12-13)15(18)9-11-19-14-7-3-2-4-8-14/h2-4,7-8,13,16H,5-6,9-12H2,1H3. The first-order valence-corrected chi connectivity index (χ1v) is 7.91. The first-order valence-electron chi connectivity index (χ1n) is 6.92. The molecule has 104 valence electrons. The molecule has 0 bridgehead atoms. The number of amides is 1. The zero-order valence-corrected chi connectivity index (χ0v) is 12.3. The molecule has 0 aromatic heterocycles. The predicted octanol–water partition coefficient (Wildman–Crippen LogP) is 2.38. The number of benzene rings is 1. The topological polar surface area (TPSA) is 32.3 Å². The molecule has 1 aliphatic heterocycles. The van der Waals surface area contributed by atoms with E-state index < -0.39 is 0 Å². The number of likely N-dealkylation sites (N-methyl/N-ethyl adjacent to an activating group) is 1. The third-order valence-electron chi connectivity index (χ3n) is 3.51. The fourth-order valence-corrected chi connectivity index (χ4v) is 3.23. The number of hydrogen-bond donors (Lipinski definition) is 1. The molecule has 1 atom stereocenters. The molecular weight excluding hydrogens is 256 g/mol. The highest BCUT2D eigenvalue weighted by molar-refractivity contribution is 7.99. The summed E-state index contributed by atoms with van der Waals surface area (Å²) >= 11 is 1.76. The Morgan fingerprint density at radius 3 is 2.95 bits per heavy atom. The number of rotatable bonds is 5. The maximum Gasteiger partial charge on any atom is 0.223 e. The van der Waals surface area contributed by atoms with Crippen molar-refractivity contribution in [3.8, 4) is 0 Å². The lowest BCUT2D eigenvalue weighted by Crippen LogP contribution is -2.47. The molecule has 1 saturated heterocycles. The number of nitrogens with zero attached hydrogens (tertiary/aromatic N) is 1. The fourth-order valence-electron chi connectivity index (χ4n) is 2.37. The van der Waals surface area contributed by atoms with E-state index in [4.69, 9.17) is 0 Å². The molecule has 0 saturated carbocycles. The smallest absolute Gasteiger partial charge is 0.223 e. The van der Waals surface area contributed by atoms with Crippen molar-refractivity contribution >= 4 is 17.7 Å². The van der Waals surface area contributed by atoms with E-state index in [-0.39, 0.29) is 0 Å². The van der Waals surface area contributed by atoms with Crippen LogP contribution in [0.1, 0.15) is 19.3 Å². The van der Waals surface area contributed by atoms with Crippen LogP contribution in [0.4, 0.5) is 0 Å². The fraction of sp³-hybridized carbons (Fsp3) is 0.533. The summed E-state index contributed by atoms with van der Waals surface area (Å²) in [6.45, 7) is 1.79. The highest BCUT2D eigenvalue weighted by Gasteiger charge is 2.21. The highest BCUT2D eigenvalue weighted by atomic mass is 32.2. The van der Waals surface area contributed by atoms with E-state index >= 15 is 0 Å². The van der Waals surface area contributed by atoms with Gasteiger partial charge in [-0.25, -0.2) is 0 Å². The van der Waals surface area contributed by atoms with Crippen molar-refractivity contribution in [1.29, 1.82) is 0 Å². The quantitative estimate of drug-likeness (QED) is 0.839. The Bertz CT molecular complexity index is 396. The lowest BCUT2D eigenvalue weighted by Gasteiger charge is -2.32. The third kappa shape index (κ3) is 4.55. The molecule has 3 nitrogen and oxygen atoms in total. The van der Waals surface area contributed by atoms with Crippen LogP contribution in [0.2, 0.25) is 0 Å². The van der Waals surface area contributed by atoms with Crippen LogP contribution in [0.5, 0.6) is 0 Å². The van der Waals surface area contributed by atoms with Crippen molar-refractivity contribution in [2.45, 2.75) is 30.2 Å². The molecule has 0 spiro atoms. The monoisotopic (exact) mass is 278 g/mol. The molecule has 1 aromatic rings. The van der Waals surface area contributed by atoms with Crippen molar-refractivity contribution < 1.29 is 4.79 Å². The van der Waals surface area contributed by atoms with Crippen LogP contribution in [0.3, 0.4) is 0 Å². The maximum absolute atomic E-state index is 12.1. The molecule has 19 heavy (non-hydrogen) atoms. The number of carbonyl (C=O) groups is 1. The molecule has 2 rings (SSSR count). The van der Waals surface area contributed by atoms with E-state index in [0.29, 0.717) is 18.4 Å². The summed E-state index contributed by atoms with van der Waals surface area (Å²) in [5, 5.41) is 3.27. The van der Waals surface area contributed by atoms with Gasteiger partial charge in [0, 0.05) is 36.2 Å². The van der Waals surface area contributed by atoms with Gasteiger partial charge < -0.3 is 10.2 Å². The van der Waals surface area contributed by atoms with Gasteiger partial charge in [-0.05, 0) is 32.0 Å². The van der Waals surface area contributed by atoms with E-state index in [1.807, 2.05) is 30.1 Å². The number of thioether (sulfide) groups is 1. The first-order chi connectivity index (χ1) is 9.29. The minimum Gasteiger partial charge on any atom is -0.341 e. The number of hydrogen-bond acceptors (Lipinski definition) is 3. The minimum absolute atomic E-state index is 0.295. The Labute approximate surface area is 119 Å². The van der Waals surface area contributed by atoms with Gasteiger partial charge in [0.05, 0.1) is 0 Å². The molecule has 0 aliphatic carbocycles. The van der Waals surface area contributed by atoms with Gasteiger partial charge in [0.2, 0.25) is 5.91 Å². The second-order valence-corrected chi connectivity index (χ2v) is 6.05. The third-order valence-corrected chi connectivity index (χ3v) is 4.52. The Balaban J connectivity index is 1.72. The number of carbonyl (C=O) groups excluding carboxylic acids is 1. The number of nitrogens with one attached hydrogen (secondary N) is 1. The average molecular weight is 278 g/mol. The van der Waals surface area contributed by atoms with Crippen molar-refractivity contribution in [3.63, 3.8) is 0 Å². The Morgan fingerprint density at radius 1 is 1.42 bits per heavy atom. The molecule has 1 fully saturated rings. The minimum atomic E-state index is 0.295. The van der Waals surface area contributed by atoms with Crippen LogP contribution in [0.15, 0.2) is 35.2 Å². The summed E-state index contributed by atoms with van der Waals surface area (Å²) in [6.07, 6.45) is 2.93. The molecule has 4 heteroatoms. The Kier molecular flexibility index (Phi) is 5.73. The molecule has 1 amide bonds. The Morgan fingerprint density at radius 2 is 2.21 bits per heavy atom. The maximum atomic E-state index is 12.1. The predicted molar refractivity (Wildman–Crippen MR) is 80.4 cm³/mol. The SMILES string of the molecule is CNC1CCCN(C(=O)CCSc2ccccc2)C1. The van der Waals surface area contributed by atoms with E-state index in [1.54, 1.807) is 11.8 Å². The van der Waals surface area contributed by atoms with E-state index in [0.717, 1.165) is 25.3 Å². The van der Waals surface area contributed by atoms with Gasteiger partial charge in [-0.2, -0.15) is 0 Å². The Hall–Kier alpha value is -1.00. The van der Waals surface area contributed by atoms with Crippen LogP contribution >= 0.6 is 11.8 Å². The van der Waals surface area contributed by atoms with E-state index in [1.165, 1.54) is 11.3 Å². The van der Waals surface area contributed by atoms with Crippen LogP contribution < -0.4 is 5.32 Å². The van der Waals surface area contributed by atoms with E-state index in [9.17, 15) is 4.79 Å². The second-order valence-electron chi connectivity index (χ2n) is 4.88. The summed E-state index contributed by atoms with van der Waals surface area (Å²) in [4.78, 5) is 15.4. The summed E-state index contributed by atoms with van der Waals surface area (Å²) in [5.74, 6) is 1.16.